The van der Waals surface area contributed by atoms with E-state index in [1.165, 1.54) is 7.11 Å². The predicted octanol–water partition coefficient (Wildman–Crippen LogP) is 2.84. The largest absolute Gasteiger partial charge is 0.493 e. The first-order valence-electron chi connectivity index (χ1n) is 6.61. The third-order valence-electron chi connectivity index (χ3n) is 3.23. The van der Waals surface area contributed by atoms with Crippen molar-refractivity contribution in [2.75, 3.05) is 14.2 Å². The van der Waals surface area contributed by atoms with Crippen LogP contribution in [0.25, 0.3) is 0 Å². The molecule has 0 fully saturated rings. The second-order valence-corrected chi connectivity index (χ2v) is 4.69. The van der Waals surface area contributed by atoms with Gasteiger partial charge in [0.05, 0.1) is 14.2 Å². The molecule has 2 aromatic rings. The fourth-order valence-electron chi connectivity index (χ4n) is 2.11. The molecule has 0 spiro atoms. The van der Waals surface area contributed by atoms with Gasteiger partial charge in [0.25, 0.3) is 5.91 Å². The van der Waals surface area contributed by atoms with Crippen molar-refractivity contribution in [2.24, 2.45) is 0 Å². The first kappa shape index (κ1) is 15.0. The minimum Gasteiger partial charge on any atom is -0.493 e. The molecule has 1 heterocycles. The molecule has 0 aliphatic carbocycles. The monoisotopic (exact) mass is 289 g/mol. The molecule has 0 atom stereocenters. The minimum atomic E-state index is -0.172. The van der Waals surface area contributed by atoms with Crippen molar-refractivity contribution in [1.82, 2.24) is 5.32 Å². The first-order chi connectivity index (χ1) is 10.0. The van der Waals surface area contributed by atoms with Crippen molar-refractivity contribution in [3.05, 3.63) is 46.9 Å². The third kappa shape index (κ3) is 3.37. The summed E-state index contributed by atoms with van der Waals surface area (Å²) in [6.07, 6.45) is 0. The number of amides is 1. The summed E-state index contributed by atoms with van der Waals surface area (Å²) in [5, 5.41) is 2.86. The second kappa shape index (κ2) is 6.35. The predicted molar refractivity (Wildman–Crippen MR) is 78.9 cm³/mol. The first-order valence-corrected chi connectivity index (χ1v) is 6.61. The van der Waals surface area contributed by atoms with Gasteiger partial charge < -0.3 is 19.2 Å². The van der Waals surface area contributed by atoms with Crippen molar-refractivity contribution in [3.8, 4) is 11.5 Å². The van der Waals surface area contributed by atoms with Gasteiger partial charge in [-0.05, 0) is 38.1 Å². The summed E-state index contributed by atoms with van der Waals surface area (Å²) in [6, 6.07) is 6.98. The number of carbonyl (C=O) groups is 1. The van der Waals surface area contributed by atoms with Crippen molar-refractivity contribution in [3.63, 3.8) is 0 Å². The third-order valence-corrected chi connectivity index (χ3v) is 3.23. The summed E-state index contributed by atoms with van der Waals surface area (Å²) >= 11 is 0. The molecule has 1 amide bonds. The zero-order valence-electron chi connectivity index (χ0n) is 12.6. The Kier molecular flexibility index (Phi) is 4.52. The number of ether oxygens (including phenoxy) is 2. The highest BCUT2D eigenvalue weighted by molar-refractivity contribution is 5.94. The molecule has 1 N–H and O–H groups in total. The Morgan fingerprint density at radius 3 is 2.43 bits per heavy atom. The molecular weight excluding hydrogens is 270 g/mol. The van der Waals surface area contributed by atoms with Crippen LogP contribution in [-0.2, 0) is 6.54 Å². The van der Waals surface area contributed by atoms with Crippen LogP contribution in [0.2, 0.25) is 0 Å². The molecule has 21 heavy (non-hydrogen) atoms. The van der Waals surface area contributed by atoms with Gasteiger partial charge in [-0.2, -0.15) is 0 Å². The highest BCUT2D eigenvalue weighted by Crippen LogP contribution is 2.27. The van der Waals surface area contributed by atoms with E-state index < -0.39 is 0 Å². The molecule has 5 heteroatoms. The Morgan fingerprint density at radius 1 is 1.14 bits per heavy atom. The van der Waals surface area contributed by atoms with E-state index in [9.17, 15) is 4.79 Å². The summed E-state index contributed by atoms with van der Waals surface area (Å²) in [4.78, 5) is 12.2. The lowest BCUT2D eigenvalue weighted by molar-refractivity contribution is 0.0950. The number of furan rings is 1. The van der Waals surface area contributed by atoms with Crippen LogP contribution in [0.3, 0.4) is 0 Å². The number of carbonyl (C=O) groups excluding carboxylic acids is 1. The van der Waals surface area contributed by atoms with Gasteiger partial charge in [-0.15, -0.1) is 0 Å². The number of methoxy groups -OCH3 is 2. The van der Waals surface area contributed by atoms with Gasteiger partial charge in [-0.3, -0.25) is 4.79 Å². The van der Waals surface area contributed by atoms with Crippen molar-refractivity contribution in [2.45, 2.75) is 20.4 Å². The normalized spacial score (nSPS) is 10.3. The van der Waals surface area contributed by atoms with Gasteiger partial charge in [-0.25, -0.2) is 0 Å². The standard InChI is InChI=1S/C16H19NO4/c1-10-7-13(11(2)21-10)9-17-16(18)12-5-6-14(19-3)15(8-12)20-4/h5-8H,9H2,1-4H3,(H,17,18). The van der Waals surface area contributed by atoms with E-state index in [1.807, 2.05) is 19.9 Å². The van der Waals surface area contributed by atoms with Crippen LogP contribution >= 0.6 is 0 Å². The fraction of sp³-hybridized carbons (Fsp3) is 0.312. The molecule has 0 unspecified atom stereocenters. The molecule has 1 aromatic heterocycles. The van der Waals surface area contributed by atoms with Crippen LogP contribution in [0.1, 0.15) is 27.4 Å². The number of hydrogen-bond donors (Lipinski definition) is 1. The summed E-state index contributed by atoms with van der Waals surface area (Å²) in [5.74, 6) is 2.60. The molecule has 112 valence electrons. The zero-order valence-corrected chi connectivity index (χ0v) is 12.6. The topological polar surface area (TPSA) is 60.7 Å². The van der Waals surface area contributed by atoms with Gasteiger partial charge in [-0.1, -0.05) is 0 Å². The van der Waals surface area contributed by atoms with Gasteiger partial charge in [0.1, 0.15) is 11.5 Å². The molecular formula is C16H19NO4. The number of hydrogen-bond acceptors (Lipinski definition) is 4. The molecule has 0 aliphatic rings. The molecule has 0 bridgehead atoms. The highest BCUT2D eigenvalue weighted by Gasteiger charge is 2.12. The summed E-state index contributed by atoms with van der Waals surface area (Å²) in [6.45, 7) is 4.19. The maximum atomic E-state index is 12.2. The van der Waals surface area contributed by atoms with Crippen LogP contribution in [0.4, 0.5) is 0 Å². The van der Waals surface area contributed by atoms with E-state index in [4.69, 9.17) is 13.9 Å². The van der Waals surface area contributed by atoms with E-state index >= 15 is 0 Å². The number of aryl methyl sites for hydroxylation is 2. The van der Waals surface area contributed by atoms with Crippen LogP contribution in [-0.4, -0.2) is 20.1 Å². The van der Waals surface area contributed by atoms with Crippen molar-refractivity contribution >= 4 is 5.91 Å². The van der Waals surface area contributed by atoms with E-state index in [0.29, 0.717) is 23.6 Å². The van der Waals surface area contributed by atoms with E-state index in [2.05, 4.69) is 5.32 Å². The van der Waals surface area contributed by atoms with Crippen LogP contribution in [0.15, 0.2) is 28.7 Å². The van der Waals surface area contributed by atoms with Crippen molar-refractivity contribution in [1.29, 1.82) is 0 Å². The van der Waals surface area contributed by atoms with Gasteiger partial charge in [0.2, 0.25) is 0 Å². The Bertz CT molecular complexity index is 646. The van der Waals surface area contributed by atoms with Crippen LogP contribution < -0.4 is 14.8 Å². The van der Waals surface area contributed by atoms with E-state index in [1.54, 1.807) is 25.3 Å². The SMILES string of the molecule is COc1ccc(C(=O)NCc2cc(C)oc2C)cc1OC. The lowest BCUT2D eigenvalue weighted by atomic mass is 10.1. The van der Waals surface area contributed by atoms with Crippen molar-refractivity contribution < 1.29 is 18.7 Å². The average Bonchev–Trinajstić information content (AvgIpc) is 2.81. The molecule has 2 rings (SSSR count). The maximum Gasteiger partial charge on any atom is 0.251 e. The Morgan fingerprint density at radius 2 is 1.86 bits per heavy atom. The molecule has 0 saturated carbocycles. The summed E-state index contributed by atoms with van der Waals surface area (Å²) in [7, 11) is 3.10. The summed E-state index contributed by atoms with van der Waals surface area (Å²) < 4.78 is 15.8. The highest BCUT2D eigenvalue weighted by atomic mass is 16.5. The second-order valence-electron chi connectivity index (χ2n) is 4.69. The maximum absolute atomic E-state index is 12.2. The van der Waals surface area contributed by atoms with Crippen LogP contribution in [0.5, 0.6) is 11.5 Å². The Balaban J connectivity index is 2.08. The Labute approximate surface area is 123 Å². The Hall–Kier alpha value is -2.43. The number of nitrogens with one attached hydrogen (secondary N) is 1. The smallest absolute Gasteiger partial charge is 0.251 e. The molecule has 1 aromatic carbocycles. The quantitative estimate of drug-likeness (QED) is 0.919. The number of rotatable bonds is 5. The number of benzene rings is 1. The zero-order chi connectivity index (χ0) is 15.4. The fourth-order valence-corrected chi connectivity index (χ4v) is 2.11. The molecule has 5 nitrogen and oxygen atoms in total. The van der Waals surface area contributed by atoms with Crippen LogP contribution in [0, 0.1) is 13.8 Å². The lowest BCUT2D eigenvalue weighted by Crippen LogP contribution is -2.22. The van der Waals surface area contributed by atoms with E-state index in [-0.39, 0.29) is 5.91 Å². The molecule has 0 radical (unpaired) electrons. The van der Waals surface area contributed by atoms with Gasteiger partial charge >= 0.3 is 0 Å². The average molecular weight is 289 g/mol. The molecule has 0 aliphatic heterocycles. The minimum absolute atomic E-state index is 0.172. The summed E-state index contributed by atoms with van der Waals surface area (Å²) in [5.41, 5.74) is 1.49. The molecule has 0 saturated heterocycles. The lowest BCUT2D eigenvalue weighted by Gasteiger charge is -2.09. The van der Waals surface area contributed by atoms with Gasteiger partial charge in [0, 0.05) is 17.7 Å². The van der Waals surface area contributed by atoms with Gasteiger partial charge in [0.15, 0.2) is 11.5 Å². The van der Waals surface area contributed by atoms with E-state index in [0.717, 1.165) is 17.1 Å².